The molecule has 22 heteroatoms. The Morgan fingerprint density at radius 1 is 0.771 bits per heavy atom. The minimum absolute atomic E-state index is 0.135. The average molecular weight is 1130 g/mol. The SMILES string of the molecule is CCCCCCCCCCC[C@H](CC(=O)O[C@H]1[C@H](O)[C@@H](CO[Si](C)(C)C(C)(C)C)O[C@@H](OC[C@@H](COCc2ccccc2)NC(=O)OCC(Cl)(Cl)Cl)[C@@H]1NC(=O)OCC(Cl)(Cl)Cl)OC(=O)CCCCC. The van der Waals surface area contributed by atoms with Crippen LogP contribution in [0.4, 0.5) is 9.59 Å². The highest BCUT2D eigenvalue weighted by Gasteiger charge is 2.51. The van der Waals surface area contributed by atoms with Crippen molar-refractivity contribution in [2.75, 3.05) is 33.0 Å². The number of aliphatic hydroxyl groups is 1. The van der Waals surface area contributed by atoms with Crippen LogP contribution in [0.2, 0.25) is 18.1 Å². The molecule has 0 spiro atoms. The lowest BCUT2D eigenvalue weighted by Crippen LogP contribution is -2.66. The van der Waals surface area contributed by atoms with Gasteiger partial charge in [-0.2, -0.15) is 0 Å². The fourth-order valence-corrected chi connectivity index (χ4v) is 8.29. The molecular formula is C48H78Cl6N2O13Si. The number of hydrogen-bond acceptors (Lipinski definition) is 13. The van der Waals surface area contributed by atoms with Gasteiger partial charge in [-0.3, -0.25) is 9.59 Å². The number of unbranched alkanes of at least 4 members (excludes halogenated alkanes) is 10. The number of benzene rings is 1. The molecule has 0 radical (unpaired) electrons. The number of hydrogen-bond donors (Lipinski definition) is 3. The van der Waals surface area contributed by atoms with Crippen LogP contribution in [0.3, 0.4) is 0 Å². The molecule has 0 unspecified atom stereocenters. The van der Waals surface area contributed by atoms with E-state index in [4.69, 9.17) is 107 Å². The van der Waals surface area contributed by atoms with Gasteiger partial charge in [0.2, 0.25) is 7.59 Å². The zero-order valence-corrected chi connectivity index (χ0v) is 47.4. The van der Waals surface area contributed by atoms with Crippen LogP contribution in [0.15, 0.2) is 30.3 Å². The first kappa shape index (κ1) is 64.6. The summed E-state index contributed by atoms with van der Waals surface area (Å²) in [6.45, 7) is 12.6. The van der Waals surface area contributed by atoms with E-state index in [9.17, 15) is 24.3 Å². The summed E-state index contributed by atoms with van der Waals surface area (Å²) in [5.74, 6) is -1.25. The van der Waals surface area contributed by atoms with E-state index in [0.29, 0.717) is 19.3 Å². The van der Waals surface area contributed by atoms with Gasteiger partial charge >= 0.3 is 24.1 Å². The first-order chi connectivity index (χ1) is 32.8. The lowest BCUT2D eigenvalue weighted by atomic mass is 9.96. The van der Waals surface area contributed by atoms with Gasteiger partial charge in [0.05, 0.1) is 38.9 Å². The third-order valence-corrected chi connectivity index (χ3v) is 17.1. The van der Waals surface area contributed by atoms with Gasteiger partial charge in [-0.15, -0.1) is 0 Å². The second-order valence-electron chi connectivity index (χ2n) is 19.2. The summed E-state index contributed by atoms with van der Waals surface area (Å²) in [4.78, 5) is 53.6. The van der Waals surface area contributed by atoms with Gasteiger partial charge in [0, 0.05) is 6.42 Å². The molecule has 1 fully saturated rings. The number of alkyl carbamates (subject to hydrolysis) is 2. The van der Waals surface area contributed by atoms with Crippen molar-refractivity contribution >= 4 is 102 Å². The largest absolute Gasteiger partial charge is 0.462 e. The summed E-state index contributed by atoms with van der Waals surface area (Å²) in [5.41, 5.74) is 0.846. The van der Waals surface area contributed by atoms with Gasteiger partial charge in [0.1, 0.15) is 37.6 Å². The van der Waals surface area contributed by atoms with E-state index in [2.05, 4.69) is 17.6 Å². The van der Waals surface area contributed by atoms with Crippen LogP contribution < -0.4 is 10.6 Å². The highest BCUT2D eigenvalue weighted by molar-refractivity contribution is 6.74. The van der Waals surface area contributed by atoms with E-state index in [1.54, 1.807) is 0 Å². The van der Waals surface area contributed by atoms with Crippen LogP contribution >= 0.6 is 69.6 Å². The van der Waals surface area contributed by atoms with Crippen LogP contribution in [-0.4, -0.2) is 121 Å². The first-order valence-electron chi connectivity index (χ1n) is 24.4. The van der Waals surface area contributed by atoms with E-state index in [1.807, 2.05) is 71.1 Å². The number of carbonyl (C=O) groups excluding carboxylic acids is 4. The molecule has 3 N–H and O–H groups in total. The normalized spacial score (nSPS) is 19.7. The van der Waals surface area contributed by atoms with Crippen molar-refractivity contribution in [1.29, 1.82) is 0 Å². The lowest BCUT2D eigenvalue weighted by Gasteiger charge is -2.45. The van der Waals surface area contributed by atoms with Crippen LogP contribution in [0.5, 0.6) is 0 Å². The van der Waals surface area contributed by atoms with E-state index in [-0.39, 0.29) is 44.3 Å². The topological polar surface area (TPSA) is 186 Å². The molecular weight excluding hydrogens is 1050 g/mol. The fourth-order valence-electron chi connectivity index (χ4n) is 6.95. The molecule has 1 aliphatic rings. The molecule has 1 heterocycles. The summed E-state index contributed by atoms with van der Waals surface area (Å²) in [7, 11) is -2.49. The number of halogens is 6. The number of alkyl halides is 6. The Kier molecular flexibility index (Phi) is 30.8. The molecule has 1 saturated heterocycles. The van der Waals surface area contributed by atoms with E-state index in [1.165, 1.54) is 25.7 Å². The van der Waals surface area contributed by atoms with Gasteiger partial charge in [-0.25, -0.2) is 9.59 Å². The average Bonchev–Trinajstić information content (AvgIpc) is 3.27. The Hall–Kier alpha value is -1.54. The summed E-state index contributed by atoms with van der Waals surface area (Å²) in [6, 6.07) is 6.81. The van der Waals surface area contributed by atoms with Gasteiger partial charge in [-0.1, -0.05) is 199 Å². The van der Waals surface area contributed by atoms with Crippen molar-refractivity contribution in [1.82, 2.24) is 10.6 Å². The van der Waals surface area contributed by atoms with Gasteiger partial charge in [-0.05, 0) is 43.0 Å². The van der Waals surface area contributed by atoms with Crippen molar-refractivity contribution < 1.29 is 61.9 Å². The molecule has 2 rings (SSSR count). The number of carbonyl (C=O) groups is 4. The Bertz CT molecular complexity index is 1660. The van der Waals surface area contributed by atoms with E-state index in [0.717, 1.165) is 44.1 Å². The fraction of sp³-hybridized carbons (Fsp3) is 0.792. The van der Waals surface area contributed by atoms with E-state index >= 15 is 0 Å². The number of esters is 2. The molecule has 7 atom stereocenters. The van der Waals surface area contributed by atoms with Crippen LogP contribution in [0, 0.1) is 0 Å². The zero-order chi connectivity index (χ0) is 52.4. The van der Waals surface area contributed by atoms with Crippen LogP contribution in [0.25, 0.3) is 0 Å². The van der Waals surface area contributed by atoms with Crippen molar-refractivity contribution in [3.8, 4) is 0 Å². The number of nitrogens with one attached hydrogen (secondary N) is 2. The monoisotopic (exact) mass is 1130 g/mol. The number of ether oxygens (including phenoxy) is 7. The molecule has 404 valence electrons. The van der Waals surface area contributed by atoms with Crippen molar-refractivity contribution in [2.24, 2.45) is 0 Å². The first-order valence-corrected chi connectivity index (χ1v) is 29.6. The maximum atomic E-state index is 14.1. The molecule has 1 aliphatic heterocycles. The predicted octanol–water partition coefficient (Wildman–Crippen LogP) is 12.0. The molecule has 15 nitrogen and oxygen atoms in total. The summed E-state index contributed by atoms with van der Waals surface area (Å²) in [6.07, 6.45) is 3.49. The molecule has 0 saturated carbocycles. The highest BCUT2D eigenvalue weighted by Crippen LogP contribution is 2.37. The molecule has 0 aliphatic carbocycles. The van der Waals surface area contributed by atoms with E-state index < -0.39 is 96.0 Å². The lowest BCUT2D eigenvalue weighted by molar-refractivity contribution is -0.274. The Balaban J connectivity index is 2.51. The van der Waals surface area contributed by atoms with Crippen LogP contribution in [0.1, 0.15) is 136 Å². The van der Waals surface area contributed by atoms with Crippen molar-refractivity contribution in [2.45, 2.75) is 206 Å². The minimum atomic E-state index is -2.49. The predicted molar refractivity (Wildman–Crippen MR) is 277 cm³/mol. The zero-order valence-electron chi connectivity index (χ0n) is 41.9. The standard InChI is InChI=1S/C48H78Cl6N2O13Si/c1-8-10-12-13-14-15-16-17-22-25-36(67-38(57)26-19-11-9-2)27-39(58)69-42-40(56-45(61)65-33-48(52,53)54)43(68-37(41(42)59)31-66-70(6,7)46(3,4)5)63-30-35(55-44(60)64-32-47(49,50)51)29-62-28-34-23-20-18-21-24-34/h18,20-21,23-24,35-37,40-43,59H,8-17,19,22,25-33H2,1-7H3,(H,55,60)(H,56,61)/t35-,36-,37-,40-,41-,42-,43-/m1/s1. The van der Waals surface area contributed by atoms with Crippen LogP contribution in [-0.2, 0) is 53.8 Å². The number of rotatable bonds is 32. The third kappa shape index (κ3) is 28.2. The molecule has 1 aromatic rings. The quantitative estimate of drug-likeness (QED) is 0.0204. The number of amides is 2. The molecule has 70 heavy (non-hydrogen) atoms. The Morgan fingerprint density at radius 3 is 1.93 bits per heavy atom. The Labute approximate surface area is 447 Å². The summed E-state index contributed by atoms with van der Waals surface area (Å²) >= 11 is 35.1. The van der Waals surface area contributed by atoms with Crippen molar-refractivity contribution in [3.63, 3.8) is 0 Å². The summed E-state index contributed by atoms with van der Waals surface area (Å²) < 4.78 is 43.5. The summed E-state index contributed by atoms with van der Waals surface area (Å²) in [5, 5.41) is 17.0. The molecule has 2 amide bonds. The molecule has 0 bridgehead atoms. The minimum Gasteiger partial charge on any atom is -0.462 e. The van der Waals surface area contributed by atoms with Crippen molar-refractivity contribution in [3.05, 3.63) is 35.9 Å². The maximum Gasteiger partial charge on any atom is 0.407 e. The van der Waals surface area contributed by atoms with Gasteiger partial charge in [0.15, 0.2) is 20.7 Å². The second-order valence-corrected chi connectivity index (χ2v) is 29.0. The molecule has 0 aromatic heterocycles. The van der Waals surface area contributed by atoms with Gasteiger partial charge < -0.3 is 53.3 Å². The molecule has 1 aromatic carbocycles. The van der Waals surface area contributed by atoms with Gasteiger partial charge in [0.25, 0.3) is 0 Å². The maximum absolute atomic E-state index is 14.1. The smallest absolute Gasteiger partial charge is 0.407 e. The third-order valence-electron chi connectivity index (χ3n) is 11.9. The Morgan fingerprint density at radius 2 is 1.34 bits per heavy atom. The second kappa shape index (κ2) is 33.4. The highest BCUT2D eigenvalue weighted by atomic mass is 35.6. The number of aliphatic hydroxyl groups excluding tert-OH is 1.